The van der Waals surface area contributed by atoms with Gasteiger partial charge in [-0.2, -0.15) is 0 Å². The van der Waals surface area contributed by atoms with Crippen molar-refractivity contribution in [2.45, 2.75) is 58.8 Å². The average Bonchev–Trinajstić information content (AvgIpc) is 2.36. The Bertz CT molecular complexity index is 406. The summed E-state index contributed by atoms with van der Waals surface area (Å²) in [4.78, 5) is 0. The predicted octanol–water partition coefficient (Wildman–Crippen LogP) is 4.00. The highest BCUT2D eigenvalue weighted by Gasteiger charge is 2.22. The van der Waals surface area contributed by atoms with E-state index in [4.69, 9.17) is 0 Å². The summed E-state index contributed by atoms with van der Waals surface area (Å²) in [5.74, 6) is 1.14. The van der Waals surface area contributed by atoms with E-state index < -0.39 is 0 Å². The van der Waals surface area contributed by atoms with Gasteiger partial charge in [0.05, 0.1) is 0 Å². The number of aliphatic hydroxyl groups excluding tert-OH is 1. The molecule has 1 unspecified atom stereocenters. The summed E-state index contributed by atoms with van der Waals surface area (Å²) in [6, 6.07) is 4.51. The van der Waals surface area contributed by atoms with Crippen LogP contribution < -0.4 is 0 Å². The predicted molar refractivity (Wildman–Crippen MR) is 77.1 cm³/mol. The van der Waals surface area contributed by atoms with Crippen LogP contribution in [-0.2, 0) is 12.8 Å². The van der Waals surface area contributed by atoms with E-state index in [1.807, 2.05) is 0 Å². The summed E-state index contributed by atoms with van der Waals surface area (Å²) in [5, 5.41) is 9.52. The molecular formula is C17H26O. The largest absolute Gasteiger partial charge is 0.396 e. The van der Waals surface area contributed by atoms with Crippen molar-refractivity contribution in [2.75, 3.05) is 6.61 Å². The Labute approximate surface area is 111 Å². The molecule has 1 aliphatic rings. The second-order valence-corrected chi connectivity index (χ2v) is 6.13. The van der Waals surface area contributed by atoms with Crippen molar-refractivity contribution in [3.63, 3.8) is 0 Å². The number of hydrogen-bond acceptors (Lipinski definition) is 1. The summed E-state index contributed by atoms with van der Waals surface area (Å²) in [7, 11) is 0. The minimum absolute atomic E-state index is 0.305. The number of benzene rings is 1. The van der Waals surface area contributed by atoms with Gasteiger partial charge in [0.15, 0.2) is 0 Å². The van der Waals surface area contributed by atoms with Crippen molar-refractivity contribution in [2.24, 2.45) is 5.92 Å². The lowest BCUT2D eigenvalue weighted by Crippen LogP contribution is -2.16. The summed E-state index contributed by atoms with van der Waals surface area (Å²) < 4.78 is 0. The van der Waals surface area contributed by atoms with Gasteiger partial charge in [0.25, 0.3) is 0 Å². The fourth-order valence-corrected chi connectivity index (χ4v) is 3.16. The number of rotatable bonds is 4. The van der Waals surface area contributed by atoms with Gasteiger partial charge in [0.1, 0.15) is 0 Å². The minimum atomic E-state index is 0.305. The van der Waals surface area contributed by atoms with E-state index in [-0.39, 0.29) is 0 Å². The first-order valence-corrected chi connectivity index (χ1v) is 7.35. The quantitative estimate of drug-likeness (QED) is 0.851. The third-order valence-corrected chi connectivity index (χ3v) is 4.31. The van der Waals surface area contributed by atoms with E-state index in [2.05, 4.69) is 32.9 Å². The van der Waals surface area contributed by atoms with Crippen LogP contribution in [0, 0.1) is 12.8 Å². The Morgan fingerprint density at radius 2 is 2.11 bits per heavy atom. The number of hydrogen-bond donors (Lipinski definition) is 1. The lowest BCUT2D eigenvalue weighted by atomic mass is 9.78. The van der Waals surface area contributed by atoms with Crippen LogP contribution in [0.25, 0.3) is 0 Å². The van der Waals surface area contributed by atoms with E-state index in [1.54, 1.807) is 11.1 Å². The summed E-state index contributed by atoms with van der Waals surface area (Å²) in [5.41, 5.74) is 5.99. The van der Waals surface area contributed by atoms with E-state index in [0.717, 1.165) is 12.3 Å². The third kappa shape index (κ3) is 2.77. The van der Waals surface area contributed by atoms with Crippen LogP contribution >= 0.6 is 0 Å². The Morgan fingerprint density at radius 1 is 1.33 bits per heavy atom. The molecule has 2 rings (SSSR count). The molecule has 0 aromatic heterocycles. The van der Waals surface area contributed by atoms with E-state index in [0.29, 0.717) is 12.5 Å². The molecule has 0 saturated carbocycles. The molecular weight excluding hydrogens is 220 g/mol. The molecule has 0 amide bonds. The second-order valence-electron chi connectivity index (χ2n) is 6.13. The highest BCUT2D eigenvalue weighted by Crippen LogP contribution is 2.35. The number of aliphatic hydroxyl groups is 1. The highest BCUT2D eigenvalue weighted by molar-refractivity contribution is 5.44. The van der Waals surface area contributed by atoms with Crippen LogP contribution in [0.5, 0.6) is 0 Å². The zero-order chi connectivity index (χ0) is 13.1. The molecule has 1 atom stereocenters. The third-order valence-electron chi connectivity index (χ3n) is 4.31. The van der Waals surface area contributed by atoms with Crippen molar-refractivity contribution >= 4 is 0 Å². The maximum atomic E-state index is 9.52. The van der Waals surface area contributed by atoms with E-state index in [9.17, 15) is 5.11 Å². The Morgan fingerprint density at radius 3 is 2.78 bits per heavy atom. The van der Waals surface area contributed by atoms with Crippen LogP contribution in [0.15, 0.2) is 12.1 Å². The van der Waals surface area contributed by atoms with Crippen molar-refractivity contribution < 1.29 is 5.11 Å². The SMILES string of the molecule is Cc1ccc2c(c1CCC(C)C)CCCC2CO. The summed E-state index contributed by atoms with van der Waals surface area (Å²) in [6.07, 6.45) is 6.05. The fraction of sp³-hybridized carbons (Fsp3) is 0.647. The molecule has 0 radical (unpaired) electrons. The lowest BCUT2D eigenvalue weighted by Gasteiger charge is -2.27. The standard InChI is InChI=1S/C17H26O/c1-12(2)7-9-15-13(3)8-10-16-14(11-18)5-4-6-17(15)16/h8,10,12,14,18H,4-7,9,11H2,1-3H3. The molecule has 0 bridgehead atoms. The van der Waals surface area contributed by atoms with Gasteiger partial charge in [-0.15, -0.1) is 0 Å². The van der Waals surface area contributed by atoms with Crippen LogP contribution in [0.4, 0.5) is 0 Å². The smallest absolute Gasteiger partial charge is 0.0499 e. The van der Waals surface area contributed by atoms with Gasteiger partial charge in [-0.1, -0.05) is 26.0 Å². The highest BCUT2D eigenvalue weighted by atomic mass is 16.3. The molecule has 0 fully saturated rings. The fourth-order valence-electron chi connectivity index (χ4n) is 3.16. The topological polar surface area (TPSA) is 20.2 Å². The van der Waals surface area contributed by atoms with Gasteiger partial charge >= 0.3 is 0 Å². The molecule has 1 heteroatoms. The van der Waals surface area contributed by atoms with Gasteiger partial charge in [-0.05, 0) is 67.2 Å². The Balaban J connectivity index is 2.33. The maximum absolute atomic E-state index is 9.52. The number of fused-ring (bicyclic) bond motifs is 1. The lowest BCUT2D eigenvalue weighted by molar-refractivity contribution is 0.252. The van der Waals surface area contributed by atoms with Crippen LogP contribution in [0.1, 0.15) is 61.3 Å². The molecule has 0 aliphatic heterocycles. The first-order chi connectivity index (χ1) is 8.63. The van der Waals surface area contributed by atoms with Crippen LogP contribution in [0.3, 0.4) is 0 Å². The molecule has 1 aromatic rings. The number of aryl methyl sites for hydroxylation is 1. The molecule has 1 nitrogen and oxygen atoms in total. The van der Waals surface area contributed by atoms with E-state index in [1.165, 1.54) is 36.8 Å². The maximum Gasteiger partial charge on any atom is 0.0499 e. The second kappa shape index (κ2) is 5.88. The first-order valence-electron chi connectivity index (χ1n) is 7.35. The summed E-state index contributed by atoms with van der Waals surface area (Å²) in [6.45, 7) is 7.13. The Hall–Kier alpha value is -0.820. The zero-order valence-electron chi connectivity index (χ0n) is 12.0. The van der Waals surface area contributed by atoms with Crippen molar-refractivity contribution in [3.05, 3.63) is 34.4 Å². The molecule has 18 heavy (non-hydrogen) atoms. The molecule has 0 saturated heterocycles. The normalized spacial score (nSPS) is 19.1. The Kier molecular flexibility index (Phi) is 4.45. The molecule has 1 N–H and O–H groups in total. The van der Waals surface area contributed by atoms with Crippen molar-refractivity contribution in [1.82, 2.24) is 0 Å². The summed E-state index contributed by atoms with van der Waals surface area (Å²) >= 11 is 0. The molecule has 1 aromatic carbocycles. The molecule has 0 heterocycles. The zero-order valence-corrected chi connectivity index (χ0v) is 12.0. The van der Waals surface area contributed by atoms with Gasteiger partial charge in [-0.3, -0.25) is 0 Å². The van der Waals surface area contributed by atoms with Gasteiger partial charge < -0.3 is 5.11 Å². The van der Waals surface area contributed by atoms with Gasteiger partial charge in [0, 0.05) is 12.5 Å². The minimum Gasteiger partial charge on any atom is -0.396 e. The molecule has 0 spiro atoms. The van der Waals surface area contributed by atoms with Crippen molar-refractivity contribution in [3.8, 4) is 0 Å². The van der Waals surface area contributed by atoms with Crippen LogP contribution in [-0.4, -0.2) is 11.7 Å². The molecule has 1 aliphatic carbocycles. The van der Waals surface area contributed by atoms with Crippen LogP contribution in [0.2, 0.25) is 0 Å². The monoisotopic (exact) mass is 246 g/mol. The van der Waals surface area contributed by atoms with Crippen molar-refractivity contribution in [1.29, 1.82) is 0 Å². The van der Waals surface area contributed by atoms with E-state index >= 15 is 0 Å². The average molecular weight is 246 g/mol. The molecule has 100 valence electrons. The van der Waals surface area contributed by atoms with Gasteiger partial charge in [0.2, 0.25) is 0 Å². The van der Waals surface area contributed by atoms with Gasteiger partial charge in [-0.25, -0.2) is 0 Å². The first kappa shape index (κ1) is 13.6.